The maximum atomic E-state index is 13.2. The fourth-order valence-corrected chi connectivity index (χ4v) is 5.66. The van der Waals surface area contributed by atoms with E-state index in [1.165, 1.54) is 11.4 Å². The lowest BCUT2D eigenvalue weighted by atomic mass is 9.83. The number of benzene rings is 2. The van der Waals surface area contributed by atoms with Gasteiger partial charge in [-0.05, 0) is 36.8 Å². The van der Waals surface area contributed by atoms with Crippen LogP contribution in [0.2, 0.25) is 0 Å². The predicted molar refractivity (Wildman–Crippen MR) is 104 cm³/mol. The van der Waals surface area contributed by atoms with Crippen LogP contribution in [-0.4, -0.2) is 44.3 Å². The van der Waals surface area contributed by atoms with Gasteiger partial charge in [-0.2, -0.15) is 4.31 Å². The zero-order chi connectivity index (χ0) is 19.9. The lowest BCUT2D eigenvalue weighted by molar-refractivity contribution is 0.00590. The zero-order valence-corrected chi connectivity index (χ0v) is 16.8. The molecular formula is C21H23NO5S. The summed E-state index contributed by atoms with van der Waals surface area (Å²) in [6, 6.07) is 12.4. The number of hydrogen-bond donors (Lipinski definition) is 0. The third-order valence-electron chi connectivity index (χ3n) is 5.57. The van der Waals surface area contributed by atoms with Crippen LogP contribution in [0.5, 0.6) is 11.5 Å². The molecule has 2 aromatic rings. The number of nitrogens with zero attached hydrogens (tertiary/aromatic N) is 1. The molecule has 2 aliphatic heterocycles. The van der Waals surface area contributed by atoms with Gasteiger partial charge < -0.3 is 9.47 Å². The molecule has 0 amide bonds. The monoisotopic (exact) mass is 401 g/mol. The summed E-state index contributed by atoms with van der Waals surface area (Å²) in [7, 11) is -2.22. The Kier molecular flexibility index (Phi) is 4.67. The predicted octanol–water partition coefficient (Wildman–Crippen LogP) is 3.19. The number of piperidine rings is 1. The van der Waals surface area contributed by atoms with Crippen molar-refractivity contribution >= 4 is 15.8 Å². The molecule has 0 aromatic heterocycles. The van der Waals surface area contributed by atoms with Gasteiger partial charge in [-0.1, -0.05) is 18.2 Å². The molecule has 6 nitrogen and oxygen atoms in total. The number of ether oxygens (including phenoxy) is 2. The van der Waals surface area contributed by atoms with Gasteiger partial charge in [0.25, 0.3) is 0 Å². The molecule has 2 aliphatic rings. The van der Waals surface area contributed by atoms with Crippen LogP contribution >= 0.6 is 0 Å². The van der Waals surface area contributed by atoms with E-state index in [1.807, 2.05) is 25.1 Å². The van der Waals surface area contributed by atoms with Crippen molar-refractivity contribution < 1.29 is 22.7 Å². The molecule has 0 unspecified atom stereocenters. The number of fused-ring (bicyclic) bond motifs is 1. The molecule has 0 N–H and O–H groups in total. The molecule has 4 rings (SSSR count). The minimum absolute atomic E-state index is 0.0542. The first-order chi connectivity index (χ1) is 13.3. The number of sulfonamides is 1. The highest BCUT2D eigenvalue weighted by molar-refractivity contribution is 7.89. The van der Waals surface area contributed by atoms with Crippen LogP contribution in [0.15, 0.2) is 47.4 Å². The molecule has 7 heteroatoms. The summed E-state index contributed by atoms with van der Waals surface area (Å²) < 4.78 is 39.3. The first kappa shape index (κ1) is 19.0. The summed E-state index contributed by atoms with van der Waals surface area (Å²) in [5.74, 6) is 0.984. The van der Waals surface area contributed by atoms with Crippen LogP contribution < -0.4 is 9.47 Å². The van der Waals surface area contributed by atoms with E-state index in [2.05, 4.69) is 0 Å². The third kappa shape index (κ3) is 3.18. The van der Waals surface area contributed by atoms with E-state index in [-0.39, 0.29) is 17.1 Å². The van der Waals surface area contributed by atoms with Gasteiger partial charge in [-0.3, -0.25) is 4.79 Å². The number of carbonyl (C=O) groups excluding carboxylic acids is 1. The van der Waals surface area contributed by atoms with Gasteiger partial charge in [0, 0.05) is 25.9 Å². The highest BCUT2D eigenvalue weighted by Crippen LogP contribution is 2.40. The highest BCUT2D eigenvalue weighted by Gasteiger charge is 2.45. The van der Waals surface area contributed by atoms with Crippen molar-refractivity contribution in [2.24, 2.45) is 0 Å². The van der Waals surface area contributed by atoms with Gasteiger partial charge in [0.15, 0.2) is 5.78 Å². The van der Waals surface area contributed by atoms with Gasteiger partial charge in [0.1, 0.15) is 22.0 Å². The normalized spacial score (nSPS) is 19.1. The summed E-state index contributed by atoms with van der Waals surface area (Å²) in [5, 5.41) is 0. The molecule has 1 spiro atoms. The number of hydrogen-bond acceptors (Lipinski definition) is 5. The lowest BCUT2D eigenvalue weighted by Crippen LogP contribution is -2.52. The number of rotatable bonds is 3. The molecule has 0 atom stereocenters. The molecule has 0 saturated carbocycles. The minimum atomic E-state index is -3.69. The van der Waals surface area contributed by atoms with E-state index in [9.17, 15) is 13.2 Å². The summed E-state index contributed by atoms with van der Waals surface area (Å²) in [4.78, 5) is 12.7. The largest absolute Gasteiger partial charge is 0.495 e. The van der Waals surface area contributed by atoms with Crippen LogP contribution in [0.3, 0.4) is 0 Å². The summed E-state index contributed by atoms with van der Waals surface area (Å²) in [5.41, 5.74) is 0.826. The highest BCUT2D eigenvalue weighted by atomic mass is 32.2. The Morgan fingerprint density at radius 1 is 1.11 bits per heavy atom. The van der Waals surface area contributed by atoms with E-state index in [0.29, 0.717) is 43.0 Å². The lowest BCUT2D eigenvalue weighted by Gasteiger charge is -2.43. The molecule has 1 fully saturated rings. The van der Waals surface area contributed by atoms with Crippen molar-refractivity contribution in [3.8, 4) is 11.5 Å². The molecular weight excluding hydrogens is 378 g/mol. The van der Waals surface area contributed by atoms with Crippen molar-refractivity contribution in [3.63, 3.8) is 0 Å². The van der Waals surface area contributed by atoms with Crippen LogP contribution in [0, 0.1) is 6.92 Å². The number of para-hydroxylation sites is 1. The first-order valence-corrected chi connectivity index (χ1v) is 10.7. The Bertz CT molecular complexity index is 1020. The van der Waals surface area contributed by atoms with Crippen molar-refractivity contribution in [3.05, 3.63) is 53.6 Å². The number of Topliss-reactive ketones (excluding diaryl/α,β-unsaturated/α-hetero) is 1. The smallest absolute Gasteiger partial charge is 0.246 e. The van der Waals surface area contributed by atoms with Crippen molar-refractivity contribution in [1.82, 2.24) is 4.31 Å². The SMILES string of the molecule is COc1ccc(C)cc1S(=O)(=O)N1CCC2(CC1)CC(=O)c1ccccc1O2. The van der Waals surface area contributed by atoms with E-state index in [1.54, 1.807) is 24.3 Å². The maximum absolute atomic E-state index is 13.2. The van der Waals surface area contributed by atoms with Crippen LogP contribution in [0.1, 0.15) is 35.2 Å². The molecule has 28 heavy (non-hydrogen) atoms. The van der Waals surface area contributed by atoms with Crippen molar-refractivity contribution in [1.29, 1.82) is 0 Å². The fourth-order valence-electron chi connectivity index (χ4n) is 3.98. The molecule has 0 bridgehead atoms. The van der Waals surface area contributed by atoms with Gasteiger partial charge in [0.05, 0.1) is 19.1 Å². The Morgan fingerprint density at radius 2 is 1.82 bits per heavy atom. The second kappa shape index (κ2) is 6.90. The van der Waals surface area contributed by atoms with Gasteiger partial charge in [-0.15, -0.1) is 0 Å². The number of aryl methyl sites for hydroxylation is 1. The second-order valence-electron chi connectivity index (χ2n) is 7.44. The van der Waals surface area contributed by atoms with Crippen molar-refractivity contribution in [2.75, 3.05) is 20.2 Å². The Hall–Kier alpha value is -2.38. The van der Waals surface area contributed by atoms with E-state index in [4.69, 9.17) is 9.47 Å². The molecule has 2 aromatic carbocycles. The maximum Gasteiger partial charge on any atom is 0.246 e. The Morgan fingerprint density at radius 3 is 2.54 bits per heavy atom. The molecule has 148 valence electrons. The zero-order valence-electron chi connectivity index (χ0n) is 16.0. The standard InChI is InChI=1S/C21H23NO5S/c1-15-7-8-19(26-2)20(13-15)28(24,25)22-11-9-21(10-12-22)14-17(23)16-5-3-4-6-18(16)27-21/h3-8,13H,9-12,14H2,1-2H3. The van der Waals surface area contributed by atoms with E-state index < -0.39 is 15.6 Å². The summed E-state index contributed by atoms with van der Waals surface area (Å²) in [6.07, 6.45) is 1.23. The van der Waals surface area contributed by atoms with Crippen molar-refractivity contribution in [2.45, 2.75) is 36.7 Å². The van der Waals surface area contributed by atoms with Crippen LogP contribution in [0.4, 0.5) is 0 Å². The molecule has 2 heterocycles. The molecule has 1 saturated heterocycles. The van der Waals surface area contributed by atoms with Gasteiger partial charge >= 0.3 is 0 Å². The summed E-state index contributed by atoms with van der Waals surface area (Å²) in [6.45, 7) is 2.45. The Labute approximate surface area is 165 Å². The average molecular weight is 401 g/mol. The fraction of sp³-hybridized carbons (Fsp3) is 0.381. The average Bonchev–Trinajstić information content (AvgIpc) is 2.68. The topological polar surface area (TPSA) is 72.9 Å². The number of carbonyl (C=O) groups is 1. The van der Waals surface area contributed by atoms with Gasteiger partial charge in [0.2, 0.25) is 10.0 Å². The van der Waals surface area contributed by atoms with Crippen LogP contribution in [0.25, 0.3) is 0 Å². The van der Waals surface area contributed by atoms with E-state index >= 15 is 0 Å². The second-order valence-corrected chi connectivity index (χ2v) is 9.35. The molecule has 0 aliphatic carbocycles. The summed E-state index contributed by atoms with van der Waals surface area (Å²) >= 11 is 0. The van der Waals surface area contributed by atoms with Crippen LogP contribution in [-0.2, 0) is 10.0 Å². The Balaban J connectivity index is 1.57. The first-order valence-electron chi connectivity index (χ1n) is 9.31. The number of methoxy groups -OCH3 is 1. The minimum Gasteiger partial charge on any atom is -0.495 e. The molecule has 0 radical (unpaired) electrons. The quantitative estimate of drug-likeness (QED) is 0.790. The van der Waals surface area contributed by atoms with E-state index in [0.717, 1.165) is 5.56 Å². The number of ketones is 1. The third-order valence-corrected chi connectivity index (χ3v) is 7.49. The van der Waals surface area contributed by atoms with Gasteiger partial charge in [-0.25, -0.2) is 8.42 Å².